The first-order valence-corrected chi connectivity index (χ1v) is 8.89. The summed E-state index contributed by atoms with van der Waals surface area (Å²) in [5.74, 6) is 0. The summed E-state index contributed by atoms with van der Waals surface area (Å²) in [7, 11) is 2.18. The first kappa shape index (κ1) is 17.4. The number of fused-ring (bicyclic) bond motifs is 1. The zero-order chi connectivity index (χ0) is 17.1. The minimum Gasteiger partial charge on any atom is -0.375 e. The fraction of sp³-hybridized carbons (Fsp3) is 0.500. The maximum Gasteiger partial charge on any atom is 0.184 e. The van der Waals surface area contributed by atoms with Crippen molar-refractivity contribution in [2.45, 2.75) is 0 Å². The standard InChI is InChI=1S/C16H23ClN6S/c1-21-4-6-22(7-5-21)8-9-23-11-14(19-20-16(18)24)13-10-12(17)2-3-15(13)23/h2-3,10H,4-9,11H2,1H3,(H3,18,20,24)/b19-14+. The average Bonchev–Trinajstić information content (AvgIpc) is 2.89. The number of halogens is 1. The lowest BCUT2D eigenvalue weighted by molar-refractivity contribution is 0.157. The van der Waals surface area contributed by atoms with Crippen molar-refractivity contribution < 1.29 is 0 Å². The van der Waals surface area contributed by atoms with Crippen LogP contribution in [0.2, 0.25) is 5.02 Å². The molecule has 0 amide bonds. The number of nitrogens with one attached hydrogen (secondary N) is 1. The fourth-order valence-corrected chi connectivity index (χ4v) is 3.34. The van der Waals surface area contributed by atoms with Gasteiger partial charge in [-0.1, -0.05) is 11.6 Å². The molecule has 8 heteroatoms. The summed E-state index contributed by atoms with van der Waals surface area (Å²) in [6.07, 6.45) is 0. The highest BCUT2D eigenvalue weighted by Gasteiger charge is 2.26. The predicted molar refractivity (Wildman–Crippen MR) is 104 cm³/mol. The SMILES string of the molecule is CN1CCN(CCN2C/C(=N\NC(N)=S)c3cc(Cl)ccc32)CC1. The van der Waals surface area contributed by atoms with Crippen molar-refractivity contribution in [1.29, 1.82) is 0 Å². The number of hydrogen-bond donors (Lipinski definition) is 2. The van der Waals surface area contributed by atoms with Crippen LogP contribution < -0.4 is 16.1 Å². The second-order valence-electron chi connectivity index (χ2n) is 6.26. The summed E-state index contributed by atoms with van der Waals surface area (Å²) in [6.45, 7) is 7.27. The Kier molecular flexibility index (Phi) is 5.55. The Labute approximate surface area is 153 Å². The zero-order valence-electron chi connectivity index (χ0n) is 13.8. The van der Waals surface area contributed by atoms with Crippen molar-refractivity contribution in [3.63, 3.8) is 0 Å². The van der Waals surface area contributed by atoms with E-state index in [1.165, 1.54) is 0 Å². The van der Waals surface area contributed by atoms with Crippen LogP contribution in [0, 0.1) is 0 Å². The molecule has 3 N–H and O–H groups in total. The van der Waals surface area contributed by atoms with Crippen LogP contribution in [0.3, 0.4) is 0 Å². The Balaban J connectivity index is 1.69. The molecule has 2 aliphatic rings. The molecule has 1 aromatic carbocycles. The highest BCUT2D eigenvalue weighted by atomic mass is 35.5. The number of anilines is 1. The lowest BCUT2D eigenvalue weighted by Gasteiger charge is -2.33. The van der Waals surface area contributed by atoms with Gasteiger partial charge in [-0.25, -0.2) is 0 Å². The number of thiocarbonyl (C=S) groups is 1. The van der Waals surface area contributed by atoms with E-state index in [2.05, 4.69) is 38.3 Å². The van der Waals surface area contributed by atoms with E-state index < -0.39 is 0 Å². The van der Waals surface area contributed by atoms with Crippen molar-refractivity contribution in [3.05, 3.63) is 28.8 Å². The molecule has 130 valence electrons. The third-order valence-corrected chi connectivity index (χ3v) is 4.86. The van der Waals surface area contributed by atoms with Crippen LogP contribution in [0.5, 0.6) is 0 Å². The van der Waals surface area contributed by atoms with Gasteiger partial charge in [0.2, 0.25) is 0 Å². The van der Waals surface area contributed by atoms with E-state index in [0.29, 0.717) is 5.02 Å². The van der Waals surface area contributed by atoms with Crippen molar-refractivity contribution >= 4 is 40.3 Å². The summed E-state index contributed by atoms with van der Waals surface area (Å²) >= 11 is 11.0. The molecule has 0 aliphatic carbocycles. The largest absolute Gasteiger partial charge is 0.375 e. The Hall–Kier alpha value is -1.41. The molecule has 1 saturated heterocycles. The molecule has 2 aliphatic heterocycles. The summed E-state index contributed by atoms with van der Waals surface area (Å²) in [4.78, 5) is 7.22. The number of hydrazone groups is 1. The topological polar surface area (TPSA) is 60.1 Å². The van der Waals surface area contributed by atoms with E-state index in [-0.39, 0.29) is 5.11 Å². The van der Waals surface area contributed by atoms with Gasteiger partial charge in [0.15, 0.2) is 5.11 Å². The van der Waals surface area contributed by atoms with Gasteiger partial charge in [-0.2, -0.15) is 5.10 Å². The molecule has 0 radical (unpaired) electrons. The van der Waals surface area contributed by atoms with Gasteiger partial charge >= 0.3 is 0 Å². The van der Waals surface area contributed by atoms with E-state index in [4.69, 9.17) is 29.6 Å². The van der Waals surface area contributed by atoms with Crippen LogP contribution in [0.15, 0.2) is 23.3 Å². The van der Waals surface area contributed by atoms with Gasteiger partial charge < -0.3 is 15.5 Å². The Morgan fingerprint density at radius 2 is 2.04 bits per heavy atom. The molecule has 3 rings (SSSR count). The van der Waals surface area contributed by atoms with Gasteiger partial charge in [0.05, 0.1) is 12.3 Å². The van der Waals surface area contributed by atoms with E-state index in [0.717, 1.165) is 62.8 Å². The number of hydrogen-bond acceptors (Lipinski definition) is 5. The molecule has 0 aromatic heterocycles. The molecule has 1 aromatic rings. The highest BCUT2D eigenvalue weighted by Crippen LogP contribution is 2.30. The summed E-state index contributed by atoms with van der Waals surface area (Å²) < 4.78 is 0. The van der Waals surface area contributed by atoms with Gasteiger partial charge in [-0.15, -0.1) is 0 Å². The minimum atomic E-state index is 0.168. The van der Waals surface area contributed by atoms with E-state index in [1.807, 2.05) is 12.1 Å². The van der Waals surface area contributed by atoms with Crippen molar-refractivity contribution in [2.24, 2.45) is 10.8 Å². The monoisotopic (exact) mass is 366 g/mol. The number of nitrogens with zero attached hydrogens (tertiary/aromatic N) is 4. The van der Waals surface area contributed by atoms with Crippen LogP contribution in [0.25, 0.3) is 0 Å². The van der Waals surface area contributed by atoms with Crippen molar-refractivity contribution in [3.8, 4) is 0 Å². The van der Waals surface area contributed by atoms with E-state index in [1.54, 1.807) is 0 Å². The lowest BCUT2D eigenvalue weighted by atomic mass is 10.1. The Morgan fingerprint density at radius 3 is 2.75 bits per heavy atom. The van der Waals surface area contributed by atoms with E-state index >= 15 is 0 Å². The van der Waals surface area contributed by atoms with Crippen molar-refractivity contribution in [2.75, 3.05) is 57.8 Å². The second kappa shape index (κ2) is 7.65. The van der Waals surface area contributed by atoms with E-state index in [9.17, 15) is 0 Å². The predicted octanol–water partition coefficient (Wildman–Crippen LogP) is 0.945. The molecule has 0 atom stereocenters. The van der Waals surface area contributed by atoms with Gasteiger partial charge in [0.1, 0.15) is 0 Å². The first-order chi connectivity index (χ1) is 11.5. The normalized spacial score (nSPS) is 20.4. The number of rotatable bonds is 4. The average molecular weight is 367 g/mol. The van der Waals surface area contributed by atoms with Gasteiger partial charge in [0, 0.05) is 55.5 Å². The quantitative estimate of drug-likeness (QED) is 0.611. The zero-order valence-corrected chi connectivity index (χ0v) is 15.4. The maximum atomic E-state index is 6.15. The van der Waals surface area contributed by atoms with Crippen LogP contribution in [-0.2, 0) is 0 Å². The third kappa shape index (κ3) is 4.16. The second-order valence-corrected chi connectivity index (χ2v) is 7.14. The number of piperazine rings is 1. The molecule has 0 bridgehead atoms. The molecule has 1 fully saturated rings. The minimum absolute atomic E-state index is 0.168. The molecular weight excluding hydrogens is 344 g/mol. The smallest absolute Gasteiger partial charge is 0.184 e. The van der Waals surface area contributed by atoms with Crippen LogP contribution in [0.4, 0.5) is 5.69 Å². The fourth-order valence-electron chi connectivity index (χ4n) is 3.12. The summed E-state index contributed by atoms with van der Waals surface area (Å²) in [6, 6.07) is 5.94. The van der Waals surface area contributed by atoms with Crippen LogP contribution >= 0.6 is 23.8 Å². The lowest BCUT2D eigenvalue weighted by Crippen LogP contribution is -2.47. The van der Waals surface area contributed by atoms with Gasteiger partial charge in [-0.3, -0.25) is 10.3 Å². The maximum absolute atomic E-state index is 6.15. The molecule has 0 unspecified atom stereocenters. The Morgan fingerprint density at radius 1 is 1.29 bits per heavy atom. The number of benzene rings is 1. The third-order valence-electron chi connectivity index (χ3n) is 4.53. The van der Waals surface area contributed by atoms with Crippen LogP contribution in [-0.4, -0.2) is 73.5 Å². The number of nitrogens with two attached hydrogens (primary N) is 1. The highest BCUT2D eigenvalue weighted by molar-refractivity contribution is 7.80. The molecule has 24 heavy (non-hydrogen) atoms. The molecule has 0 saturated carbocycles. The summed E-state index contributed by atoms with van der Waals surface area (Å²) in [5, 5.41) is 5.21. The molecule has 0 spiro atoms. The summed E-state index contributed by atoms with van der Waals surface area (Å²) in [5.41, 5.74) is 11.3. The van der Waals surface area contributed by atoms with Crippen molar-refractivity contribution in [1.82, 2.24) is 15.2 Å². The van der Waals surface area contributed by atoms with Gasteiger partial charge in [-0.05, 0) is 37.5 Å². The molecular formula is C16H23ClN6S. The molecule has 6 nitrogen and oxygen atoms in total. The van der Waals surface area contributed by atoms with Crippen LogP contribution in [0.1, 0.15) is 5.56 Å². The molecule has 2 heterocycles. The van der Waals surface area contributed by atoms with Gasteiger partial charge in [0.25, 0.3) is 0 Å². The number of likely N-dealkylation sites (N-methyl/N-ethyl adjacent to an activating group) is 1. The first-order valence-electron chi connectivity index (χ1n) is 8.10. The Bertz CT molecular complexity index is 641.